The zero-order valence-corrected chi connectivity index (χ0v) is 6.99. The SMILES string of the molecule is C=CCC[N+](C)(C)Cl.N. The van der Waals surface area contributed by atoms with Gasteiger partial charge in [-0.05, 0) is 0 Å². The molecular formula is C6H16ClN2+. The fourth-order valence-electron chi connectivity index (χ4n) is 0.398. The summed E-state index contributed by atoms with van der Waals surface area (Å²) in [5, 5.41) is 0. The molecule has 0 radical (unpaired) electrons. The van der Waals surface area contributed by atoms with Gasteiger partial charge in [-0.2, -0.15) is 0 Å². The number of hydrogen-bond donors (Lipinski definition) is 1. The Morgan fingerprint density at radius 2 is 2.00 bits per heavy atom. The van der Waals surface area contributed by atoms with E-state index < -0.39 is 0 Å². The van der Waals surface area contributed by atoms with Gasteiger partial charge in [0.05, 0.1) is 20.6 Å². The molecule has 0 fully saturated rings. The molecule has 9 heavy (non-hydrogen) atoms. The third-order valence-electron chi connectivity index (χ3n) is 0.865. The van der Waals surface area contributed by atoms with Gasteiger partial charge in [-0.3, -0.25) is 0 Å². The molecule has 0 aliphatic carbocycles. The Labute approximate surface area is 62.4 Å². The molecule has 0 aromatic rings. The molecule has 2 nitrogen and oxygen atoms in total. The second-order valence-corrected chi connectivity index (χ2v) is 3.25. The van der Waals surface area contributed by atoms with Crippen molar-refractivity contribution in [2.24, 2.45) is 0 Å². The average molecular weight is 152 g/mol. The summed E-state index contributed by atoms with van der Waals surface area (Å²) in [6.07, 6.45) is 2.86. The summed E-state index contributed by atoms with van der Waals surface area (Å²) in [5.74, 6) is 0. The number of hydrogen-bond acceptors (Lipinski definition) is 1. The van der Waals surface area contributed by atoms with E-state index in [0.717, 1.165) is 13.0 Å². The monoisotopic (exact) mass is 151 g/mol. The lowest BCUT2D eigenvalue weighted by atomic mass is 10.4. The molecule has 3 heteroatoms. The van der Waals surface area contributed by atoms with Gasteiger partial charge in [0.1, 0.15) is 0 Å². The van der Waals surface area contributed by atoms with Crippen LogP contribution in [0.3, 0.4) is 0 Å². The van der Waals surface area contributed by atoms with Gasteiger partial charge in [0, 0.05) is 6.42 Å². The zero-order valence-electron chi connectivity index (χ0n) is 6.23. The molecule has 0 amide bonds. The van der Waals surface area contributed by atoms with E-state index in [0.29, 0.717) is 4.00 Å². The van der Waals surface area contributed by atoms with Crippen molar-refractivity contribution in [3.63, 3.8) is 0 Å². The molecule has 0 aliphatic heterocycles. The van der Waals surface area contributed by atoms with Crippen molar-refractivity contribution in [3.8, 4) is 0 Å². The van der Waals surface area contributed by atoms with Crippen LogP contribution in [0.15, 0.2) is 12.7 Å². The Bertz CT molecular complexity index is 75.6. The number of halogens is 1. The van der Waals surface area contributed by atoms with Crippen LogP contribution >= 0.6 is 11.8 Å². The van der Waals surface area contributed by atoms with Crippen molar-refractivity contribution < 1.29 is 4.00 Å². The summed E-state index contributed by atoms with van der Waals surface area (Å²) < 4.78 is 0.506. The minimum atomic E-state index is 0. The maximum atomic E-state index is 5.80. The Morgan fingerprint density at radius 3 is 2.11 bits per heavy atom. The molecule has 0 saturated heterocycles. The molecule has 3 N–H and O–H groups in total. The lowest BCUT2D eigenvalue weighted by Crippen LogP contribution is -2.28. The van der Waals surface area contributed by atoms with Crippen molar-refractivity contribution in [1.82, 2.24) is 6.15 Å². The van der Waals surface area contributed by atoms with Gasteiger partial charge in [0.15, 0.2) is 11.8 Å². The first-order valence-corrected chi connectivity index (χ1v) is 3.03. The quantitative estimate of drug-likeness (QED) is 0.486. The molecule has 0 bridgehead atoms. The van der Waals surface area contributed by atoms with Crippen LogP contribution in [-0.2, 0) is 0 Å². The third-order valence-corrected chi connectivity index (χ3v) is 1.03. The fourth-order valence-corrected chi connectivity index (χ4v) is 0.496. The number of quaternary nitrogens is 1. The molecule has 0 spiro atoms. The Hall–Kier alpha value is -0.0500. The lowest BCUT2D eigenvalue weighted by Gasteiger charge is -2.16. The largest absolute Gasteiger partial charge is 0.344 e. The standard InChI is InChI=1S/C6H13ClN.H3N/c1-4-5-6-8(2,3)7;/h4H,1,5-6H2,2-3H3;1H3/q+1;. The smallest absolute Gasteiger partial charge is 0.164 e. The first kappa shape index (κ1) is 11.7. The van der Waals surface area contributed by atoms with Crippen LogP contribution in [0.5, 0.6) is 0 Å². The number of nitrogens with zero attached hydrogens (tertiary/aromatic N) is 1. The second-order valence-electron chi connectivity index (χ2n) is 2.34. The first-order valence-electron chi connectivity index (χ1n) is 2.70. The van der Waals surface area contributed by atoms with E-state index in [2.05, 4.69) is 6.58 Å². The highest BCUT2D eigenvalue weighted by Crippen LogP contribution is 2.02. The summed E-state index contributed by atoms with van der Waals surface area (Å²) in [6.45, 7) is 4.54. The molecule has 56 valence electrons. The van der Waals surface area contributed by atoms with Crippen LogP contribution in [0.2, 0.25) is 0 Å². The van der Waals surface area contributed by atoms with E-state index in [1.807, 2.05) is 20.2 Å². The molecule has 0 rings (SSSR count). The van der Waals surface area contributed by atoms with E-state index in [1.165, 1.54) is 0 Å². The maximum absolute atomic E-state index is 5.80. The van der Waals surface area contributed by atoms with E-state index in [-0.39, 0.29) is 6.15 Å². The van der Waals surface area contributed by atoms with Crippen molar-refractivity contribution in [1.29, 1.82) is 0 Å². The highest BCUT2D eigenvalue weighted by Gasteiger charge is 2.07. The summed E-state index contributed by atoms with van der Waals surface area (Å²) >= 11 is 5.80. The molecule has 0 heterocycles. The summed E-state index contributed by atoms with van der Waals surface area (Å²) in [5.41, 5.74) is 0. The molecule has 0 saturated carbocycles. The first-order chi connectivity index (χ1) is 3.56. The predicted octanol–water partition coefficient (Wildman–Crippen LogP) is 1.95. The van der Waals surface area contributed by atoms with Crippen LogP contribution in [0.4, 0.5) is 0 Å². The Kier molecular flexibility index (Phi) is 6.24. The minimum absolute atomic E-state index is 0. The zero-order chi connectivity index (χ0) is 6.62. The highest BCUT2D eigenvalue weighted by atomic mass is 35.5. The molecule has 0 aliphatic rings. The predicted molar refractivity (Wildman–Crippen MR) is 42.7 cm³/mol. The minimum Gasteiger partial charge on any atom is -0.344 e. The second kappa shape index (κ2) is 4.79. The number of rotatable bonds is 3. The van der Waals surface area contributed by atoms with Gasteiger partial charge in [0.2, 0.25) is 0 Å². The summed E-state index contributed by atoms with van der Waals surface area (Å²) in [6, 6.07) is 0. The summed E-state index contributed by atoms with van der Waals surface area (Å²) in [4.78, 5) is 0. The van der Waals surface area contributed by atoms with Gasteiger partial charge in [-0.15, -0.1) is 6.58 Å². The third kappa shape index (κ3) is 11.5. The van der Waals surface area contributed by atoms with Gasteiger partial charge in [-0.1, -0.05) is 6.08 Å². The van der Waals surface area contributed by atoms with E-state index in [9.17, 15) is 0 Å². The fraction of sp³-hybridized carbons (Fsp3) is 0.667. The molecule has 0 aromatic carbocycles. The van der Waals surface area contributed by atoms with Crippen molar-refractivity contribution in [2.45, 2.75) is 6.42 Å². The Morgan fingerprint density at radius 1 is 1.56 bits per heavy atom. The topological polar surface area (TPSA) is 35.0 Å². The van der Waals surface area contributed by atoms with Crippen LogP contribution in [0.25, 0.3) is 0 Å². The van der Waals surface area contributed by atoms with Crippen LogP contribution < -0.4 is 6.15 Å². The van der Waals surface area contributed by atoms with E-state index in [1.54, 1.807) is 0 Å². The summed E-state index contributed by atoms with van der Waals surface area (Å²) in [7, 11) is 3.90. The highest BCUT2D eigenvalue weighted by molar-refractivity contribution is 6.06. The molecule has 0 aromatic heterocycles. The van der Waals surface area contributed by atoms with Crippen molar-refractivity contribution in [3.05, 3.63) is 12.7 Å². The van der Waals surface area contributed by atoms with Crippen LogP contribution in [0.1, 0.15) is 6.42 Å². The molecule has 0 atom stereocenters. The van der Waals surface area contributed by atoms with Crippen molar-refractivity contribution >= 4 is 11.8 Å². The van der Waals surface area contributed by atoms with Gasteiger partial charge in [0.25, 0.3) is 0 Å². The normalized spacial score (nSPS) is 10.1. The maximum Gasteiger partial charge on any atom is 0.164 e. The van der Waals surface area contributed by atoms with Gasteiger partial charge < -0.3 is 6.15 Å². The van der Waals surface area contributed by atoms with Crippen LogP contribution in [-0.4, -0.2) is 24.6 Å². The Balaban J connectivity index is 0. The lowest BCUT2D eigenvalue weighted by molar-refractivity contribution is -0.770. The van der Waals surface area contributed by atoms with Gasteiger partial charge in [-0.25, -0.2) is 4.00 Å². The van der Waals surface area contributed by atoms with E-state index in [4.69, 9.17) is 11.8 Å². The van der Waals surface area contributed by atoms with Gasteiger partial charge >= 0.3 is 0 Å². The molecular weight excluding hydrogens is 136 g/mol. The van der Waals surface area contributed by atoms with Crippen LogP contribution in [0, 0.1) is 0 Å². The van der Waals surface area contributed by atoms with Crippen molar-refractivity contribution in [2.75, 3.05) is 20.6 Å². The molecule has 0 unspecified atom stereocenters. The average Bonchev–Trinajstić information content (AvgIpc) is 1.59. The van der Waals surface area contributed by atoms with E-state index >= 15 is 0 Å².